The second-order valence-electron chi connectivity index (χ2n) is 6.64. The summed E-state index contributed by atoms with van der Waals surface area (Å²) in [7, 11) is 2.02. The SMILES string of the molecule is Cc1cc(=O)[nH]c(N2CCC(NC(=O)C3CCCCN3C)C2)n1. The summed E-state index contributed by atoms with van der Waals surface area (Å²) >= 11 is 0. The van der Waals surface area contributed by atoms with Gasteiger partial charge in [-0.2, -0.15) is 0 Å². The first-order valence-corrected chi connectivity index (χ1v) is 8.36. The van der Waals surface area contributed by atoms with Crippen molar-refractivity contribution in [2.24, 2.45) is 0 Å². The molecule has 1 aromatic heterocycles. The van der Waals surface area contributed by atoms with Crippen molar-refractivity contribution in [3.8, 4) is 0 Å². The highest BCUT2D eigenvalue weighted by Crippen LogP contribution is 2.18. The number of nitrogens with one attached hydrogen (secondary N) is 2. The van der Waals surface area contributed by atoms with Gasteiger partial charge in [-0.25, -0.2) is 4.98 Å². The van der Waals surface area contributed by atoms with Crippen molar-refractivity contribution in [2.75, 3.05) is 31.6 Å². The number of likely N-dealkylation sites (tertiary alicyclic amines) is 1. The third kappa shape index (κ3) is 3.72. The van der Waals surface area contributed by atoms with Crippen LogP contribution >= 0.6 is 0 Å². The fraction of sp³-hybridized carbons (Fsp3) is 0.688. The predicted molar refractivity (Wildman–Crippen MR) is 88.6 cm³/mol. The zero-order valence-electron chi connectivity index (χ0n) is 13.8. The number of amides is 1. The molecule has 1 amide bonds. The monoisotopic (exact) mass is 319 g/mol. The minimum Gasteiger partial charge on any atom is -0.350 e. The Kier molecular flexibility index (Phi) is 4.66. The summed E-state index contributed by atoms with van der Waals surface area (Å²) < 4.78 is 0. The van der Waals surface area contributed by atoms with Crippen LogP contribution in [0.5, 0.6) is 0 Å². The molecule has 2 saturated heterocycles. The number of carbonyl (C=O) groups excluding carboxylic acids is 1. The van der Waals surface area contributed by atoms with Crippen LogP contribution in [0, 0.1) is 6.92 Å². The van der Waals surface area contributed by atoms with Crippen LogP contribution in [0.1, 0.15) is 31.4 Å². The lowest BCUT2D eigenvalue weighted by Gasteiger charge is -2.32. The molecule has 2 aliphatic heterocycles. The Morgan fingerprint density at radius 3 is 2.91 bits per heavy atom. The lowest BCUT2D eigenvalue weighted by Crippen LogP contribution is -2.50. The van der Waals surface area contributed by atoms with Gasteiger partial charge >= 0.3 is 0 Å². The molecule has 2 unspecified atom stereocenters. The van der Waals surface area contributed by atoms with Gasteiger partial charge in [0, 0.05) is 30.9 Å². The van der Waals surface area contributed by atoms with Crippen molar-refractivity contribution in [3.05, 3.63) is 22.1 Å². The lowest BCUT2D eigenvalue weighted by molar-refractivity contribution is -0.127. The fourth-order valence-corrected chi connectivity index (χ4v) is 3.49. The number of piperidine rings is 1. The van der Waals surface area contributed by atoms with Crippen molar-refractivity contribution in [3.63, 3.8) is 0 Å². The molecule has 0 aliphatic carbocycles. The van der Waals surface area contributed by atoms with Gasteiger partial charge in [0.25, 0.3) is 5.56 Å². The molecule has 2 fully saturated rings. The smallest absolute Gasteiger partial charge is 0.252 e. The highest BCUT2D eigenvalue weighted by molar-refractivity contribution is 5.82. The van der Waals surface area contributed by atoms with E-state index in [1.54, 1.807) is 0 Å². The van der Waals surface area contributed by atoms with Crippen molar-refractivity contribution < 1.29 is 4.79 Å². The second kappa shape index (κ2) is 6.70. The van der Waals surface area contributed by atoms with Crippen LogP contribution in [0.15, 0.2) is 10.9 Å². The number of rotatable bonds is 3. The number of aromatic amines is 1. The van der Waals surface area contributed by atoms with Crippen molar-refractivity contribution in [2.45, 2.75) is 44.7 Å². The predicted octanol–water partition coefficient (Wildman–Crippen LogP) is 0.258. The van der Waals surface area contributed by atoms with Gasteiger partial charge in [-0.15, -0.1) is 0 Å². The van der Waals surface area contributed by atoms with E-state index in [0.717, 1.165) is 32.4 Å². The molecule has 3 rings (SSSR count). The Hall–Kier alpha value is -1.89. The van der Waals surface area contributed by atoms with E-state index in [1.165, 1.54) is 12.5 Å². The molecule has 126 valence electrons. The van der Waals surface area contributed by atoms with Crippen LogP contribution < -0.4 is 15.8 Å². The second-order valence-corrected chi connectivity index (χ2v) is 6.64. The summed E-state index contributed by atoms with van der Waals surface area (Å²) in [5.41, 5.74) is 0.573. The van der Waals surface area contributed by atoms with Crippen molar-refractivity contribution in [1.82, 2.24) is 20.2 Å². The van der Waals surface area contributed by atoms with Crippen LogP contribution in [-0.4, -0.2) is 59.5 Å². The normalized spacial score (nSPS) is 25.6. The van der Waals surface area contributed by atoms with Gasteiger partial charge in [0.15, 0.2) is 0 Å². The number of H-pyrrole nitrogens is 1. The molecule has 2 aliphatic rings. The zero-order chi connectivity index (χ0) is 16.4. The number of nitrogens with zero attached hydrogens (tertiary/aromatic N) is 3. The van der Waals surface area contributed by atoms with Crippen LogP contribution in [0.2, 0.25) is 0 Å². The standard InChI is InChI=1S/C16H25N5O2/c1-11-9-14(22)19-16(17-11)21-8-6-12(10-21)18-15(23)13-5-3-4-7-20(13)2/h9,12-13H,3-8,10H2,1-2H3,(H,18,23)(H,17,19,22). The molecule has 0 saturated carbocycles. The van der Waals surface area contributed by atoms with Gasteiger partial charge in [-0.3, -0.25) is 19.5 Å². The molecule has 7 heteroatoms. The Morgan fingerprint density at radius 1 is 1.35 bits per heavy atom. The molecule has 0 bridgehead atoms. The topological polar surface area (TPSA) is 81.3 Å². The summed E-state index contributed by atoms with van der Waals surface area (Å²) in [4.78, 5) is 35.4. The van der Waals surface area contributed by atoms with Crippen molar-refractivity contribution >= 4 is 11.9 Å². The Balaban J connectivity index is 1.59. The molecular formula is C16H25N5O2. The van der Waals surface area contributed by atoms with Gasteiger partial charge in [0.05, 0.1) is 6.04 Å². The molecule has 0 radical (unpaired) electrons. The van der Waals surface area contributed by atoms with Crippen LogP contribution in [0.4, 0.5) is 5.95 Å². The highest BCUT2D eigenvalue weighted by atomic mass is 16.2. The maximum atomic E-state index is 12.5. The summed E-state index contributed by atoms with van der Waals surface area (Å²) in [5, 5.41) is 3.17. The molecule has 0 spiro atoms. The maximum Gasteiger partial charge on any atom is 0.252 e. The Bertz CT molecular complexity index is 629. The van der Waals surface area contributed by atoms with Crippen LogP contribution in [-0.2, 0) is 4.79 Å². The number of likely N-dealkylation sites (N-methyl/N-ethyl adjacent to an activating group) is 1. The van der Waals surface area contributed by atoms with E-state index in [4.69, 9.17) is 0 Å². The summed E-state index contributed by atoms with van der Waals surface area (Å²) in [6, 6.07) is 1.59. The largest absolute Gasteiger partial charge is 0.350 e. The number of aromatic nitrogens is 2. The van der Waals surface area contributed by atoms with Crippen molar-refractivity contribution in [1.29, 1.82) is 0 Å². The van der Waals surface area contributed by atoms with E-state index in [1.807, 2.05) is 18.9 Å². The maximum absolute atomic E-state index is 12.5. The minimum atomic E-state index is -0.135. The first-order valence-electron chi connectivity index (χ1n) is 8.36. The van der Waals surface area contributed by atoms with E-state index in [-0.39, 0.29) is 23.6 Å². The van der Waals surface area contributed by atoms with Gasteiger partial charge in [-0.05, 0) is 39.8 Å². The van der Waals surface area contributed by atoms with E-state index in [2.05, 4.69) is 20.2 Å². The molecule has 23 heavy (non-hydrogen) atoms. The average Bonchev–Trinajstić information content (AvgIpc) is 2.95. The van der Waals surface area contributed by atoms with Gasteiger partial charge in [-0.1, -0.05) is 6.42 Å². The molecule has 2 atom stereocenters. The summed E-state index contributed by atoms with van der Waals surface area (Å²) in [5.74, 6) is 0.728. The number of aryl methyl sites for hydroxylation is 1. The zero-order valence-corrected chi connectivity index (χ0v) is 13.8. The van der Waals surface area contributed by atoms with E-state index in [0.29, 0.717) is 18.2 Å². The first-order chi connectivity index (χ1) is 11.0. The van der Waals surface area contributed by atoms with Gasteiger partial charge in [0.1, 0.15) is 0 Å². The molecule has 0 aromatic carbocycles. The number of hydrogen-bond acceptors (Lipinski definition) is 5. The third-order valence-corrected chi connectivity index (χ3v) is 4.76. The Labute approximate surface area is 136 Å². The number of anilines is 1. The molecular weight excluding hydrogens is 294 g/mol. The fourth-order valence-electron chi connectivity index (χ4n) is 3.49. The molecule has 3 heterocycles. The molecule has 2 N–H and O–H groups in total. The van der Waals surface area contributed by atoms with E-state index < -0.39 is 0 Å². The van der Waals surface area contributed by atoms with Gasteiger partial charge < -0.3 is 10.2 Å². The minimum absolute atomic E-state index is 0.00491. The van der Waals surface area contributed by atoms with Crippen LogP contribution in [0.3, 0.4) is 0 Å². The van der Waals surface area contributed by atoms with E-state index in [9.17, 15) is 9.59 Å². The number of hydrogen-bond donors (Lipinski definition) is 2. The average molecular weight is 319 g/mol. The van der Waals surface area contributed by atoms with Crippen LogP contribution in [0.25, 0.3) is 0 Å². The highest BCUT2D eigenvalue weighted by Gasteiger charge is 2.30. The summed E-state index contributed by atoms with van der Waals surface area (Å²) in [6.45, 7) is 4.28. The summed E-state index contributed by atoms with van der Waals surface area (Å²) in [6.07, 6.45) is 4.10. The molecule has 1 aromatic rings. The van der Waals surface area contributed by atoms with E-state index >= 15 is 0 Å². The van der Waals surface area contributed by atoms with Gasteiger partial charge in [0.2, 0.25) is 11.9 Å². The first kappa shape index (κ1) is 16.0. The quantitative estimate of drug-likeness (QED) is 0.835. The lowest BCUT2D eigenvalue weighted by atomic mass is 10.0. The Morgan fingerprint density at radius 2 is 2.17 bits per heavy atom. The third-order valence-electron chi connectivity index (χ3n) is 4.76. The number of carbonyl (C=O) groups is 1. The molecule has 7 nitrogen and oxygen atoms in total.